The van der Waals surface area contributed by atoms with E-state index in [-0.39, 0.29) is 5.91 Å². The molecule has 0 aliphatic carbocycles. The summed E-state index contributed by atoms with van der Waals surface area (Å²) in [4.78, 5) is 26.3. The molecule has 1 aromatic carbocycles. The summed E-state index contributed by atoms with van der Waals surface area (Å²) >= 11 is 0. The molecule has 0 radical (unpaired) electrons. The number of benzene rings is 1. The first-order valence-corrected chi connectivity index (χ1v) is 8.05. The Balaban J connectivity index is 1.85. The Morgan fingerprint density at radius 2 is 1.92 bits per heavy atom. The highest BCUT2D eigenvalue weighted by molar-refractivity contribution is 5.87. The fraction of sp³-hybridized carbons (Fsp3) is 0.333. The van der Waals surface area contributed by atoms with E-state index in [1.807, 2.05) is 0 Å². The minimum Gasteiger partial charge on any atom is -0.344 e. The van der Waals surface area contributed by atoms with Crippen LogP contribution < -0.4 is 0 Å². The molecule has 1 aliphatic rings. The highest BCUT2D eigenvalue weighted by Gasteiger charge is 2.30. The number of alkyl halides is 3. The van der Waals surface area contributed by atoms with Crippen molar-refractivity contribution < 1.29 is 18.0 Å². The quantitative estimate of drug-likeness (QED) is 0.789. The maximum absolute atomic E-state index is 12.7. The number of carbonyl (C=O) groups excluding carboxylic acids is 1. The molecule has 8 heteroatoms. The second-order valence-electron chi connectivity index (χ2n) is 6.17. The van der Waals surface area contributed by atoms with Gasteiger partial charge in [-0.1, -0.05) is 12.1 Å². The zero-order chi connectivity index (χ0) is 18.9. The molecule has 1 aromatic heterocycles. The van der Waals surface area contributed by atoms with Crippen LogP contribution in [-0.2, 0) is 11.0 Å². The van der Waals surface area contributed by atoms with Gasteiger partial charge in [-0.05, 0) is 31.5 Å². The van der Waals surface area contributed by atoms with Crippen molar-refractivity contribution >= 4 is 12.1 Å². The Bertz CT molecular complexity index is 847. The minimum atomic E-state index is -4.38. The van der Waals surface area contributed by atoms with Crippen molar-refractivity contribution in [3.05, 3.63) is 47.4 Å². The molecule has 2 aromatic rings. The molecule has 1 saturated heterocycles. The molecule has 26 heavy (non-hydrogen) atoms. The summed E-state index contributed by atoms with van der Waals surface area (Å²) in [5.41, 5.74) is 1.00. The molecular weight excluding hydrogens is 345 g/mol. The van der Waals surface area contributed by atoms with Crippen molar-refractivity contribution in [2.75, 3.05) is 13.6 Å². The maximum Gasteiger partial charge on any atom is 0.416 e. The van der Waals surface area contributed by atoms with E-state index < -0.39 is 17.8 Å². The van der Waals surface area contributed by atoms with Gasteiger partial charge in [0, 0.05) is 24.8 Å². The third-order valence-electron chi connectivity index (χ3n) is 4.15. The highest BCUT2D eigenvalue weighted by Crippen LogP contribution is 2.30. The number of aliphatic imine (C=N–C) groups is 1. The van der Waals surface area contributed by atoms with Gasteiger partial charge in [-0.25, -0.2) is 9.97 Å². The predicted molar refractivity (Wildman–Crippen MR) is 90.8 cm³/mol. The van der Waals surface area contributed by atoms with Crippen LogP contribution in [0.4, 0.5) is 13.2 Å². The molecule has 1 unspecified atom stereocenters. The second-order valence-corrected chi connectivity index (χ2v) is 6.17. The number of likely N-dealkylation sites (N-methyl/N-ethyl adjacent to an activating group) is 1. The lowest BCUT2D eigenvalue weighted by Gasteiger charge is -2.08. The normalized spacial score (nSPS) is 18.1. The molecule has 0 spiro atoms. The Kier molecular flexibility index (Phi) is 4.76. The van der Waals surface area contributed by atoms with E-state index in [2.05, 4.69) is 15.0 Å². The fourth-order valence-electron chi connectivity index (χ4n) is 2.73. The number of hydrogen-bond donors (Lipinski definition) is 0. The van der Waals surface area contributed by atoms with E-state index in [9.17, 15) is 18.0 Å². The summed E-state index contributed by atoms with van der Waals surface area (Å²) in [5, 5.41) is 0. The Morgan fingerprint density at radius 1 is 1.23 bits per heavy atom. The van der Waals surface area contributed by atoms with Gasteiger partial charge in [0.15, 0.2) is 5.82 Å². The number of carbonyl (C=O) groups is 1. The first kappa shape index (κ1) is 18.0. The van der Waals surface area contributed by atoms with Crippen LogP contribution in [0, 0.1) is 6.92 Å². The first-order chi connectivity index (χ1) is 12.2. The lowest BCUT2D eigenvalue weighted by Crippen LogP contribution is -2.24. The standard InChI is InChI=1S/C18H17F3N4O/c1-11-9-15(12-3-5-13(6-4-12)18(19,20)21)24-16(23-11)10-22-14-7-8-25(2)17(14)26/h3-6,9-10,14H,7-8H2,1-2H3/b22-10+. The summed E-state index contributed by atoms with van der Waals surface area (Å²) in [5.74, 6) is 0.277. The molecule has 1 amide bonds. The molecule has 2 heterocycles. The van der Waals surface area contributed by atoms with Crippen LogP contribution in [0.5, 0.6) is 0 Å². The van der Waals surface area contributed by atoms with Crippen LogP contribution in [0.25, 0.3) is 11.3 Å². The van der Waals surface area contributed by atoms with Crippen molar-refractivity contribution in [2.24, 2.45) is 4.99 Å². The average Bonchev–Trinajstić information content (AvgIpc) is 2.91. The number of halogens is 3. The minimum absolute atomic E-state index is 0.0446. The van der Waals surface area contributed by atoms with Gasteiger partial charge < -0.3 is 4.90 Å². The highest BCUT2D eigenvalue weighted by atomic mass is 19.4. The molecule has 3 rings (SSSR count). The molecule has 0 bridgehead atoms. The third kappa shape index (κ3) is 3.89. The topological polar surface area (TPSA) is 58.5 Å². The SMILES string of the molecule is Cc1cc(-c2ccc(C(F)(F)F)cc2)nc(/C=N/C2CCN(C)C2=O)n1. The van der Waals surface area contributed by atoms with E-state index in [1.165, 1.54) is 18.3 Å². The number of rotatable bonds is 3. The van der Waals surface area contributed by atoms with E-state index >= 15 is 0 Å². The molecule has 1 atom stereocenters. The lowest BCUT2D eigenvalue weighted by molar-refractivity contribution is -0.137. The van der Waals surface area contributed by atoms with Crippen LogP contribution >= 0.6 is 0 Å². The summed E-state index contributed by atoms with van der Waals surface area (Å²) in [7, 11) is 1.73. The van der Waals surface area contributed by atoms with Crippen molar-refractivity contribution in [1.82, 2.24) is 14.9 Å². The zero-order valence-electron chi connectivity index (χ0n) is 14.3. The van der Waals surface area contributed by atoms with Crippen molar-refractivity contribution in [2.45, 2.75) is 25.6 Å². The molecular formula is C18H17F3N4O. The lowest BCUT2D eigenvalue weighted by atomic mass is 10.1. The number of hydrogen-bond acceptors (Lipinski definition) is 4. The number of amides is 1. The summed E-state index contributed by atoms with van der Waals surface area (Å²) in [6, 6.07) is 6.05. The molecule has 1 fully saturated rings. The van der Waals surface area contributed by atoms with Crippen molar-refractivity contribution in [3.8, 4) is 11.3 Å². The van der Waals surface area contributed by atoms with Crippen LogP contribution in [0.15, 0.2) is 35.3 Å². The fourth-order valence-corrected chi connectivity index (χ4v) is 2.73. The Labute approximate surface area is 148 Å². The largest absolute Gasteiger partial charge is 0.416 e. The maximum atomic E-state index is 12.7. The molecule has 0 saturated carbocycles. The third-order valence-corrected chi connectivity index (χ3v) is 4.15. The zero-order valence-corrected chi connectivity index (χ0v) is 14.3. The predicted octanol–water partition coefficient (Wildman–Crippen LogP) is 3.12. The van der Waals surface area contributed by atoms with Crippen LogP contribution in [-0.4, -0.2) is 46.6 Å². The molecule has 1 aliphatic heterocycles. The smallest absolute Gasteiger partial charge is 0.344 e. The number of likely N-dealkylation sites (tertiary alicyclic amines) is 1. The number of aromatic nitrogens is 2. The second kappa shape index (κ2) is 6.86. The number of aryl methyl sites for hydroxylation is 1. The number of nitrogens with zero attached hydrogens (tertiary/aromatic N) is 4. The molecule has 0 N–H and O–H groups in total. The van der Waals surface area contributed by atoms with Gasteiger partial charge in [-0.2, -0.15) is 13.2 Å². The average molecular weight is 362 g/mol. The van der Waals surface area contributed by atoms with Crippen molar-refractivity contribution in [3.63, 3.8) is 0 Å². The molecule has 5 nitrogen and oxygen atoms in total. The van der Waals surface area contributed by atoms with Gasteiger partial charge in [-0.15, -0.1) is 0 Å². The Hall–Kier alpha value is -2.77. The van der Waals surface area contributed by atoms with Gasteiger partial charge in [0.25, 0.3) is 0 Å². The summed E-state index contributed by atoms with van der Waals surface area (Å²) in [6.45, 7) is 2.42. The van der Waals surface area contributed by atoms with Gasteiger partial charge in [0.2, 0.25) is 5.91 Å². The van der Waals surface area contributed by atoms with Crippen LogP contribution in [0.3, 0.4) is 0 Å². The first-order valence-electron chi connectivity index (χ1n) is 8.05. The van der Waals surface area contributed by atoms with E-state index in [0.29, 0.717) is 35.7 Å². The van der Waals surface area contributed by atoms with E-state index in [4.69, 9.17) is 0 Å². The molecule has 136 valence electrons. The summed E-state index contributed by atoms with van der Waals surface area (Å²) < 4.78 is 38.1. The van der Waals surface area contributed by atoms with E-state index in [0.717, 1.165) is 12.1 Å². The van der Waals surface area contributed by atoms with Gasteiger partial charge in [0.05, 0.1) is 17.5 Å². The van der Waals surface area contributed by atoms with Gasteiger partial charge >= 0.3 is 6.18 Å². The summed E-state index contributed by atoms with van der Waals surface area (Å²) in [6.07, 6.45) is -2.29. The van der Waals surface area contributed by atoms with Crippen molar-refractivity contribution in [1.29, 1.82) is 0 Å². The van der Waals surface area contributed by atoms with Gasteiger partial charge in [0.1, 0.15) is 6.04 Å². The van der Waals surface area contributed by atoms with Gasteiger partial charge in [-0.3, -0.25) is 9.79 Å². The van der Waals surface area contributed by atoms with E-state index in [1.54, 1.807) is 24.9 Å². The monoisotopic (exact) mass is 362 g/mol. The van der Waals surface area contributed by atoms with Crippen LogP contribution in [0.2, 0.25) is 0 Å². The Morgan fingerprint density at radius 3 is 2.50 bits per heavy atom. The van der Waals surface area contributed by atoms with Crippen LogP contribution in [0.1, 0.15) is 23.5 Å².